The number of hydrogen-bond donors (Lipinski definition) is 1. The highest BCUT2D eigenvalue weighted by Gasteiger charge is 2.30. The number of likely N-dealkylation sites (N-methyl/N-ethyl adjacent to an activating group) is 1. The molecule has 2 N–H and O–H groups in total. The van der Waals surface area contributed by atoms with Gasteiger partial charge in [-0.05, 0) is 32.9 Å². The van der Waals surface area contributed by atoms with E-state index in [1.54, 1.807) is 0 Å². The van der Waals surface area contributed by atoms with E-state index in [9.17, 15) is 0 Å². The standard InChI is InChI=1S/C11H26N2/c1-6-7-8-13(5)11(4,9-12)10(2)3/h10H,6-9,12H2,1-5H3. The first kappa shape index (κ1) is 12.9. The minimum atomic E-state index is 0.162. The Bertz CT molecular complexity index is 134. The molecule has 1 unspecified atom stereocenters. The van der Waals surface area contributed by atoms with E-state index in [0.29, 0.717) is 5.92 Å². The Morgan fingerprint density at radius 3 is 2.23 bits per heavy atom. The van der Waals surface area contributed by atoms with E-state index >= 15 is 0 Å². The van der Waals surface area contributed by atoms with Crippen molar-refractivity contribution in [2.75, 3.05) is 20.1 Å². The summed E-state index contributed by atoms with van der Waals surface area (Å²) in [5.41, 5.74) is 6.00. The van der Waals surface area contributed by atoms with Crippen molar-refractivity contribution in [2.45, 2.75) is 46.1 Å². The van der Waals surface area contributed by atoms with Gasteiger partial charge in [-0.15, -0.1) is 0 Å². The fourth-order valence-electron chi connectivity index (χ4n) is 1.48. The van der Waals surface area contributed by atoms with Crippen LogP contribution in [0, 0.1) is 5.92 Å². The number of rotatable bonds is 6. The maximum absolute atomic E-state index is 5.84. The highest BCUT2D eigenvalue weighted by Crippen LogP contribution is 2.22. The van der Waals surface area contributed by atoms with Gasteiger partial charge in [-0.2, -0.15) is 0 Å². The maximum Gasteiger partial charge on any atom is 0.0323 e. The average molecular weight is 186 g/mol. The molecule has 0 saturated carbocycles. The van der Waals surface area contributed by atoms with Crippen molar-refractivity contribution in [3.63, 3.8) is 0 Å². The van der Waals surface area contributed by atoms with Gasteiger partial charge in [0, 0.05) is 12.1 Å². The lowest BCUT2D eigenvalue weighted by molar-refractivity contribution is 0.0936. The lowest BCUT2D eigenvalue weighted by Gasteiger charge is -2.41. The molecular formula is C11H26N2. The molecule has 0 heterocycles. The first-order valence-corrected chi connectivity index (χ1v) is 5.40. The summed E-state index contributed by atoms with van der Waals surface area (Å²) in [6.45, 7) is 10.9. The van der Waals surface area contributed by atoms with Gasteiger partial charge in [0.2, 0.25) is 0 Å². The van der Waals surface area contributed by atoms with Crippen molar-refractivity contribution in [1.82, 2.24) is 4.90 Å². The summed E-state index contributed by atoms with van der Waals surface area (Å²) >= 11 is 0. The lowest BCUT2D eigenvalue weighted by Crippen LogP contribution is -2.53. The minimum Gasteiger partial charge on any atom is -0.329 e. The van der Waals surface area contributed by atoms with Gasteiger partial charge >= 0.3 is 0 Å². The van der Waals surface area contributed by atoms with Crippen molar-refractivity contribution in [1.29, 1.82) is 0 Å². The molecule has 0 rings (SSSR count). The van der Waals surface area contributed by atoms with Crippen molar-refractivity contribution < 1.29 is 0 Å². The molecule has 2 heteroatoms. The average Bonchev–Trinajstić information content (AvgIpc) is 2.12. The second kappa shape index (κ2) is 5.61. The van der Waals surface area contributed by atoms with Crippen LogP contribution in [0.25, 0.3) is 0 Å². The van der Waals surface area contributed by atoms with Gasteiger partial charge in [0.1, 0.15) is 0 Å². The molecule has 0 amide bonds. The van der Waals surface area contributed by atoms with Crippen molar-refractivity contribution in [3.05, 3.63) is 0 Å². The van der Waals surface area contributed by atoms with Gasteiger partial charge in [-0.25, -0.2) is 0 Å². The highest BCUT2D eigenvalue weighted by atomic mass is 15.2. The van der Waals surface area contributed by atoms with Crippen LogP contribution in [0.1, 0.15) is 40.5 Å². The van der Waals surface area contributed by atoms with Crippen LogP contribution in [0.4, 0.5) is 0 Å². The lowest BCUT2D eigenvalue weighted by atomic mass is 9.87. The smallest absolute Gasteiger partial charge is 0.0323 e. The Labute approximate surface area is 83.5 Å². The Kier molecular flexibility index (Phi) is 5.57. The predicted molar refractivity (Wildman–Crippen MR) is 59.8 cm³/mol. The van der Waals surface area contributed by atoms with Crippen LogP contribution in [-0.4, -0.2) is 30.6 Å². The normalized spacial score (nSPS) is 16.6. The molecule has 13 heavy (non-hydrogen) atoms. The van der Waals surface area contributed by atoms with Gasteiger partial charge in [0.05, 0.1) is 0 Å². The number of nitrogens with two attached hydrogens (primary N) is 1. The van der Waals surface area contributed by atoms with E-state index in [-0.39, 0.29) is 5.54 Å². The fraction of sp³-hybridized carbons (Fsp3) is 1.00. The van der Waals surface area contributed by atoms with Crippen LogP contribution in [0.15, 0.2) is 0 Å². The summed E-state index contributed by atoms with van der Waals surface area (Å²) in [5, 5.41) is 0. The van der Waals surface area contributed by atoms with Crippen LogP contribution in [0.2, 0.25) is 0 Å². The maximum atomic E-state index is 5.84. The monoisotopic (exact) mass is 186 g/mol. The molecule has 1 atom stereocenters. The van der Waals surface area contributed by atoms with Crippen LogP contribution in [0.3, 0.4) is 0 Å². The van der Waals surface area contributed by atoms with Crippen LogP contribution in [0.5, 0.6) is 0 Å². The van der Waals surface area contributed by atoms with E-state index in [1.165, 1.54) is 12.8 Å². The second-order valence-electron chi connectivity index (χ2n) is 4.49. The molecule has 0 aromatic heterocycles. The zero-order valence-corrected chi connectivity index (χ0v) is 9.93. The summed E-state index contributed by atoms with van der Waals surface area (Å²) in [4.78, 5) is 2.40. The number of hydrogen-bond acceptors (Lipinski definition) is 2. The summed E-state index contributed by atoms with van der Waals surface area (Å²) in [5.74, 6) is 0.611. The first-order chi connectivity index (χ1) is 5.99. The summed E-state index contributed by atoms with van der Waals surface area (Å²) in [7, 11) is 2.18. The molecule has 0 bridgehead atoms. The topological polar surface area (TPSA) is 29.3 Å². The summed E-state index contributed by atoms with van der Waals surface area (Å²) < 4.78 is 0. The van der Waals surface area contributed by atoms with Gasteiger partial charge < -0.3 is 5.73 Å². The molecule has 0 aromatic rings. The summed E-state index contributed by atoms with van der Waals surface area (Å²) in [6, 6.07) is 0. The fourth-order valence-corrected chi connectivity index (χ4v) is 1.48. The molecular weight excluding hydrogens is 160 g/mol. The zero-order chi connectivity index (χ0) is 10.5. The van der Waals surface area contributed by atoms with Gasteiger partial charge in [-0.1, -0.05) is 27.2 Å². The third-order valence-corrected chi connectivity index (χ3v) is 3.38. The van der Waals surface area contributed by atoms with Crippen LogP contribution < -0.4 is 5.73 Å². The molecule has 0 saturated heterocycles. The van der Waals surface area contributed by atoms with Crippen LogP contribution >= 0.6 is 0 Å². The molecule has 2 nitrogen and oxygen atoms in total. The predicted octanol–water partition coefficient (Wildman–Crippen LogP) is 2.09. The largest absolute Gasteiger partial charge is 0.329 e. The van der Waals surface area contributed by atoms with Crippen molar-refractivity contribution in [2.24, 2.45) is 11.7 Å². The van der Waals surface area contributed by atoms with E-state index < -0.39 is 0 Å². The molecule has 0 aliphatic heterocycles. The Morgan fingerprint density at radius 2 is 1.92 bits per heavy atom. The SMILES string of the molecule is CCCCN(C)C(C)(CN)C(C)C. The van der Waals surface area contributed by atoms with E-state index in [1.807, 2.05) is 0 Å². The Balaban J connectivity index is 4.20. The third-order valence-electron chi connectivity index (χ3n) is 3.38. The quantitative estimate of drug-likeness (QED) is 0.688. The second-order valence-corrected chi connectivity index (χ2v) is 4.49. The summed E-state index contributed by atoms with van der Waals surface area (Å²) in [6.07, 6.45) is 2.52. The van der Waals surface area contributed by atoms with Crippen molar-refractivity contribution >= 4 is 0 Å². The highest BCUT2D eigenvalue weighted by molar-refractivity contribution is 4.88. The van der Waals surface area contributed by atoms with Gasteiger partial charge in [-0.3, -0.25) is 4.90 Å². The van der Waals surface area contributed by atoms with E-state index in [0.717, 1.165) is 13.1 Å². The molecule has 0 aliphatic rings. The minimum absolute atomic E-state index is 0.162. The van der Waals surface area contributed by atoms with Crippen LogP contribution in [-0.2, 0) is 0 Å². The number of nitrogens with zero attached hydrogens (tertiary/aromatic N) is 1. The molecule has 80 valence electrons. The van der Waals surface area contributed by atoms with Crippen molar-refractivity contribution in [3.8, 4) is 0 Å². The number of unbranched alkanes of at least 4 members (excludes halogenated alkanes) is 1. The van der Waals surface area contributed by atoms with Gasteiger partial charge in [0.25, 0.3) is 0 Å². The Hall–Kier alpha value is -0.0800. The van der Waals surface area contributed by atoms with E-state index in [4.69, 9.17) is 5.73 Å². The Morgan fingerprint density at radius 1 is 1.38 bits per heavy atom. The molecule has 0 aliphatic carbocycles. The van der Waals surface area contributed by atoms with E-state index in [2.05, 4.69) is 39.6 Å². The zero-order valence-electron chi connectivity index (χ0n) is 9.93. The first-order valence-electron chi connectivity index (χ1n) is 5.40. The molecule has 0 radical (unpaired) electrons. The molecule has 0 fully saturated rings. The molecule has 0 spiro atoms. The molecule has 0 aromatic carbocycles. The van der Waals surface area contributed by atoms with Gasteiger partial charge in [0.15, 0.2) is 0 Å². The third kappa shape index (κ3) is 3.28.